The van der Waals surface area contributed by atoms with Crippen LogP contribution in [0, 0.1) is 0 Å². The predicted octanol–water partition coefficient (Wildman–Crippen LogP) is 1.72. The van der Waals surface area contributed by atoms with E-state index in [2.05, 4.69) is 30.6 Å². The fourth-order valence-electron chi connectivity index (χ4n) is 1.29. The SMILES string of the molecule is O=S(=O)(NCc1ccncn1)c1ccc(Br)cc1. The topological polar surface area (TPSA) is 72.0 Å². The average Bonchev–Trinajstić information content (AvgIpc) is 2.38. The first-order valence-electron chi connectivity index (χ1n) is 5.08. The van der Waals surface area contributed by atoms with Crippen LogP contribution >= 0.6 is 15.9 Å². The number of sulfonamides is 1. The van der Waals surface area contributed by atoms with Crippen molar-refractivity contribution in [1.82, 2.24) is 14.7 Å². The quantitative estimate of drug-likeness (QED) is 0.928. The van der Waals surface area contributed by atoms with Gasteiger partial charge in [0.15, 0.2) is 0 Å². The van der Waals surface area contributed by atoms with Crippen LogP contribution < -0.4 is 4.72 Å². The Balaban J connectivity index is 2.11. The van der Waals surface area contributed by atoms with Crippen molar-refractivity contribution >= 4 is 26.0 Å². The van der Waals surface area contributed by atoms with E-state index in [4.69, 9.17) is 0 Å². The van der Waals surface area contributed by atoms with E-state index in [0.717, 1.165) is 4.47 Å². The van der Waals surface area contributed by atoms with Crippen molar-refractivity contribution in [3.05, 3.63) is 53.0 Å². The normalized spacial score (nSPS) is 11.4. The van der Waals surface area contributed by atoms with Gasteiger partial charge in [-0.15, -0.1) is 0 Å². The van der Waals surface area contributed by atoms with Gasteiger partial charge in [-0.05, 0) is 30.3 Å². The summed E-state index contributed by atoms with van der Waals surface area (Å²) in [6.45, 7) is 0.140. The van der Waals surface area contributed by atoms with Crippen molar-refractivity contribution in [2.75, 3.05) is 0 Å². The number of nitrogens with one attached hydrogen (secondary N) is 1. The summed E-state index contributed by atoms with van der Waals surface area (Å²) in [5.74, 6) is 0. The molecule has 0 atom stereocenters. The van der Waals surface area contributed by atoms with Gasteiger partial charge in [0.1, 0.15) is 6.33 Å². The molecule has 0 fully saturated rings. The lowest BCUT2D eigenvalue weighted by molar-refractivity contribution is 0.580. The molecular weight excluding hydrogens is 318 g/mol. The molecule has 94 valence electrons. The molecule has 1 N–H and O–H groups in total. The molecule has 7 heteroatoms. The number of hydrogen-bond acceptors (Lipinski definition) is 4. The second-order valence-corrected chi connectivity index (χ2v) is 6.16. The van der Waals surface area contributed by atoms with Crippen LogP contribution in [-0.4, -0.2) is 18.4 Å². The molecule has 0 saturated heterocycles. The molecule has 0 bridgehead atoms. The molecule has 2 rings (SSSR count). The maximum atomic E-state index is 11.9. The number of rotatable bonds is 4. The van der Waals surface area contributed by atoms with Gasteiger partial charge in [-0.2, -0.15) is 0 Å². The number of hydrogen-bond donors (Lipinski definition) is 1. The van der Waals surface area contributed by atoms with E-state index in [9.17, 15) is 8.42 Å². The van der Waals surface area contributed by atoms with Gasteiger partial charge >= 0.3 is 0 Å². The molecule has 18 heavy (non-hydrogen) atoms. The highest BCUT2D eigenvalue weighted by molar-refractivity contribution is 9.10. The summed E-state index contributed by atoms with van der Waals surface area (Å²) in [4.78, 5) is 7.93. The maximum Gasteiger partial charge on any atom is 0.240 e. The minimum Gasteiger partial charge on any atom is -0.245 e. The van der Waals surface area contributed by atoms with Crippen LogP contribution in [0.3, 0.4) is 0 Å². The second-order valence-electron chi connectivity index (χ2n) is 3.48. The Labute approximate surface area is 113 Å². The highest BCUT2D eigenvalue weighted by Crippen LogP contribution is 2.14. The van der Waals surface area contributed by atoms with Crippen molar-refractivity contribution < 1.29 is 8.42 Å². The molecule has 0 saturated carbocycles. The summed E-state index contributed by atoms with van der Waals surface area (Å²) in [5.41, 5.74) is 0.616. The van der Waals surface area contributed by atoms with Crippen LogP contribution in [0.25, 0.3) is 0 Å². The van der Waals surface area contributed by atoms with Crippen molar-refractivity contribution in [1.29, 1.82) is 0 Å². The fourth-order valence-corrected chi connectivity index (χ4v) is 2.55. The molecule has 1 aromatic carbocycles. The van der Waals surface area contributed by atoms with Gasteiger partial charge in [0, 0.05) is 10.7 Å². The Morgan fingerprint density at radius 2 is 1.89 bits per heavy atom. The van der Waals surface area contributed by atoms with Gasteiger partial charge in [0.2, 0.25) is 10.0 Å². The van der Waals surface area contributed by atoms with Gasteiger partial charge in [-0.1, -0.05) is 15.9 Å². The minimum absolute atomic E-state index is 0.140. The highest BCUT2D eigenvalue weighted by atomic mass is 79.9. The largest absolute Gasteiger partial charge is 0.245 e. The fraction of sp³-hybridized carbons (Fsp3) is 0.0909. The number of halogens is 1. The second kappa shape index (κ2) is 5.55. The molecule has 0 aliphatic carbocycles. The van der Waals surface area contributed by atoms with Gasteiger partial charge in [-0.3, -0.25) is 0 Å². The first kappa shape index (κ1) is 13.1. The summed E-state index contributed by atoms with van der Waals surface area (Å²) in [7, 11) is -3.51. The van der Waals surface area contributed by atoms with E-state index in [0.29, 0.717) is 5.69 Å². The Morgan fingerprint density at radius 1 is 1.17 bits per heavy atom. The Hall–Kier alpha value is -1.31. The molecule has 0 unspecified atom stereocenters. The number of aromatic nitrogens is 2. The maximum absolute atomic E-state index is 11.9. The zero-order valence-corrected chi connectivity index (χ0v) is 11.6. The summed E-state index contributed by atoms with van der Waals surface area (Å²) in [5, 5.41) is 0. The molecule has 0 aliphatic heterocycles. The third kappa shape index (κ3) is 3.34. The van der Waals surface area contributed by atoms with E-state index >= 15 is 0 Å². The first-order valence-corrected chi connectivity index (χ1v) is 7.36. The summed E-state index contributed by atoms with van der Waals surface area (Å²) >= 11 is 3.26. The van der Waals surface area contributed by atoms with Crippen LogP contribution in [0.2, 0.25) is 0 Å². The Bertz CT molecular complexity index is 614. The summed E-state index contributed by atoms with van der Waals surface area (Å²) in [6.07, 6.45) is 2.94. The van der Waals surface area contributed by atoms with Crippen LogP contribution in [0.1, 0.15) is 5.69 Å². The van der Waals surface area contributed by atoms with Gasteiger partial charge in [0.25, 0.3) is 0 Å². The lowest BCUT2D eigenvalue weighted by Gasteiger charge is -2.06. The van der Waals surface area contributed by atoms with Gasteiger partial charge in [0.05, 0.1) is 17.1 Å². The smallest absolute Gasteiger partial charge is 0.240 e. The molecule has 2 aromatic rings. The first-order chi connectivity index (χ1) is 8.58. The van der Waals surface area contributed by atoms with Crippen LogP contribution in [0.4, 0.5) is 0 Å². The van der Waals surface area contributed by atoms with Crippen molar-refractivity contribution in [3.63, 3.8) is 0 Å². The third-order valence-corrected chi connectivity index (χ3v) is 4.16. The van der Waals surface area contributed by atoms with E-state index in [-0.39, 0.29) is 11.4 Å². The number of nitrogens with zero attached hydrogens (tertiary/aromatic N) is 2. The zero-order chi connectivity index (χ0) is 13.0. The molecule has 1 aromatic heterocycles. The van der Waals surface area contributed by atoms with Crippen LogP contribution in [0.15, 0.2) is 52.2 Å². The number of benzene rings is 1. The Morgan fingerprint density at radius 3 is 2.50 bits per heavy atom. The van der Waals surface area contributed by atoms with Crippen LogP contribution in [0.5, 0.6) is 0 Å². The standard InChI is InChI=1S/C11H10BrN3O2S/c12-9-1-3-11(4-2-9)18(16,17)15-7-10-5-6-13-8-14-10/h1-6,8,15H,7H2. The van der Waals surface area contributed by atoms with E-state index in [1.54, 1.807) is 24.4 Å². The van der Waals surface area contributed by atoms with Crippen molar-refractivity contribution in [3.8, 4) is 0 Å². The van der Waals surface area contributed by atoms with E-state index in [1.165, 1.54) is 18.5 Å². The molecular formula is C11H10BrN3O2S. The minimum atomic E-state index is -3.51. The van der Waals surface area contributed by atoms with Crippen molar-refractivity contribution in [2.45, 2.75) is 11.4 Å². The third-order valence-electron chi connectivity index (χ3n) is 2.21. The Kier molecular flexibility index (Phi) is 4.05. The predicted molar refractivity (Wildman–Crippen MR) is 70.2 cm³/mol. The van der Waals surface area contributed by atoms with E-state index in [1.807, 2.05) is 0 Å². The molecule has 0 amide bonds. The molecule has 0 spiro atoms. The van der Waals surface area contributed by atoms with Gasteiger partial charge in [-0.25, -0.2) is 23.1 Å². The average molecular weight is 328 g/mol. The lowest BCUT2D eigenvalue weighted by Crippen LogP contribution is -2.23. The van der Waals surface area contributed by atoms with Gasteiger partial charge < -0.3 is 0 Å². The molecule has 1 heterocycles. The molecule has 0 radical (unpaired) electrons. The highest BCUT2D eigenvalue weighted by Gasteiger charge is 2.13. The summed E-state index contributed by atoms with van der Waals surface area (Å²) in [6, 6.07) is 8.08. The van der Waals surface area contributed by atoms with Crippen molar-refractivity contribution in [2.24, 2.45) is 0 Å². The molecule has 0 aliphatic rings. The zero-order valence-electron chi connectivity index (χ0n) is 9.25. The van der Waals surface area contributed by atoms with Crippen LogP contribution in [-0.2, 0) is 16.6 Å². The monoisotopic (exact) mass is 327 g/mol. The van der Waals surface area contributed by atoms with E-state index < -0.39 is 10.0 Å². The summed E-state index contributed by atoms with van der Waals surface area (Å²) < 4.78 is 27.2. The molecule has 5 nitrogen and oxygen atoms in total. The lowest BCUT2D eigenvalue weighted by atomic mass is 10.4.